The predicted molar refractivity (Wildman–Crippen MR) is 119 cm³/mol. The third-order valence-corrected chi connectivity index (χ3v) is 4.86. The fraction of sp³-hybridized carbons (Fsp3) is 0.292. The number of fused-ring (bicyclic) bond motifs is 1. The Morgan fingerprint density at radius 3 is 2.39 bits per heavy atom. The monoisotopic (exact) mass is 422 g/mol. The Bertz CT molecular complexity index is 1110. The molecule has 162 valence electrons. The summed E-state index contributed by atoms with van der Waals surface area (Å²) in [5.74, 6) is 0.0973. The van der Waals surface area contributed by atoms with Crippen molar-refractivity contribution in [2.45, 2.75) is 32.8 Å². The van der Waals surface area contributed by atoms with Gasteiger partial charge in [0.2, 0.25) is 0 Å². The molecule has 1 N–H and O–H groups in total. The molecule has 0 bridgehead atoms. The molecule has 0 fully saturated rings. The van der Waals surface area contributed by atoms with E-state index in [0.717, 1.165) is 5.69 Å². The van der Waals surface area contributed by atoms with Crippen molar-refractivity contribution in [3.8, 4) is 11.5 Å². The number of ether oxygens (including phenoxy) is 3. The molecule has 0 aliphatic rings. The van der Waals surface area contributed by atoms with Crippen molar-refractivity contribution in [1.82, 2.24) is 4.98 Å². The zero-order chi connectivity index (χ0) is 22.5. The number of esters is 1. The second kappa shape index (κ2) is 9.47. The summed E-state index contributed by atoms with van der Waals surface area (Å²) in [7, 11) is 3.03. The average Bonchev–Trinajstić information content (AvgIpc) is 2.77. The van der Waals surface area contributed by atoms with E-state index in [2.05, 4.69) is 10.3 Å². The van der Waals surface area contributed by atoms with Gasteiger partial charge in [-0.05, 0) is 37.1 Å². The SMILES string of the molecule is COc1ccc(OC)c(NC(=O)C(C)OC(=O)c2cc(C(C)C)nc3ccccc23)c1. The van der Waals surface area contributed by atoms with Crippen LogP contribution in [0.5, 0.6) is 11.5 Å². The lowest BCUT2D eigenvalue weighted by atomic mass is 10.0. The Hall–Kier alpha value is -3.61. The Morgan fingerprint density at radius 1 is 0.968 bits per heavy atom. The number of hydrogen-bond donors (Lipinski definition) is 1. The van der Waals surface area contributed by atoms with E-state index in [0.29, 0.717) is 33.7 Å². The first-order chi connectivity index (χ1) is 14.8. The summed E-state index contributed by atoms with van der Waals surface area (Å²) >= 11 is 0. The molecule has 1 atom stereocenters. The molecule has 0 radical (unpaired) electrons. The van der Waals surface area contributed by atoms with E-state index in [1.807, 2.05) is 38.1 Å². The molecule has 7 heteroatoms. The zero-order valence-corrected chi connectivity index (χ0v) is 18.3. The number of rotatable bonds is 7. The number of amides is 1. The van der Waals surface area contributed by atoms with Crippen molar-refractivity contribution in [3.63, 3.8) is 0 Å². The smallest absolute Gasteiger partial charge is 0.339 e. The van der Waals surface area contributed by atoms with Gasteiger partial charge in [-0.2, -0.15) is 0 Å². The van der Waals surface area contributed by atoms with Gasteiger partial charge in [-0.3, -0.25) is 9.78 Å². The minimum absolute atomic E-state index is 0.136. The number of nitrogens with zero attached hydrogens (tertiary/aromatic N) is 1. The van der Waals surface area contributed by atoms with Crippen LogP contribution >= 0.6 is 0 Å². The predicted octanol–water partition coefficient (Wildman–Crippen LogP) is 4.56. The molecule has 0 spiro atoms. The largest absolute Gasteiger partial charge is 0.497 e. The van der Waals surface area contributed by atoms with Gasteiger partial charge in [-0.15, -0.1) is 0 Å². The van der Waals surface area contributed by atoms with Gasteiger partial charge >= 0.3 is 5.97 Å². The van der Waals surface area contributed by atoms with Gasteiger partial charge < -0.3 is 19.5 Å². The highest BCUT2D eigenvalue weighted by atomic mass is 16.5. The lowest BCUT2D eigenvalue weighted by Crippen LogP contribution is -2.30. The van der Waals surface area contributed by atoms with Gasteiger partial charge in [0.1, 0.15) is 11.5 Å². The normalized spacial score (nSPS) is 11.8. The summed E-state index contributed by atoms with van der Waals surface area (Å²) in [5.41, 5.74) is 2.29. The van der Waals surface area contributed by atoms with Crippen LogP contribution in [0.25, 0.3) is 10.9 Å². The Morgan fingerprint density at radius 2 is 1.71 bits per heavy atom. The van der Waals surface area contributed by atoms with Crippen molar-refractivity contribution in [3.05, 3.63) is 59.8 Å². The van der Waals surface area contributed by atoms with Crippen LogP contribution in [-0.2, 0) is 9.53 Å². The van der Waals surface area contributed by atoms with Crippen LogP contribution in [-0.4, -0.2) is 37.2 Å². The standard InChI is InChI=1S/C24H26N2O5/c1-14(2)20-13-18(17-8-6-7-9-19(17)25-20)24(28)31-15(3)23(27)26-21-12-16(29-4)10-11-22(21)30-5/h6-15H,1-5H3,(H,26,27). The van der Waals surface area contributed by atoms with Crippen molar-refractivity contribution in [2.24, 2.45) is 0 Å². The highest BCUT2D eigenvalue weighted by molar-refractivity contribution is 6.05. The number of anilines is 1. The van der Waals surface area contributed by atoms with Crippen molar-refractivity contribution in [1.29, 1.82) is 0 Å². The second-order valence-corrected chi connectivity index (χ2v) is 7.37. The van der Waals surface area contributed by atoms with Crippen molar-refractivity contribution in [2.75, 3.05) is 19.5 Å². The van der Waals surface area contributed by atoms with Gasteiger partial charge in [0, 0.05) is 17.1 Å². The van der Waals surface area contributed by atoms with Crippen LogP contribution in [0.4, 0.5) is 5.69 Å². The summed E-state index contributed by atoms with van der Waals surface area (Å²) in [5, 5.41) is 3.41. The van der Waals surface area contributed by atoms with Gasteiger partial charge in [0.25, 0.3) is 5.91 Å². The van der Waals surface area contributed by atoms with Gasteiger partial charge in [-0.1, -0.05) is 32.0 Å². The van der Waals surface area contributed by atoms with E-state index in [9.17, 15) is 9.59 Å². The molecule has 31 heavy (non-hydrogen) atoms. The second-order valence-electron chi connectivity index (χ2n) is 7.37. The maximum atomic E-state index is 12.9. The molecule has 0 saturated heterocycles. The molecule has 7 nitrogen and oxygen atoms in total. The molecule has 3 rings (SSSR count). The lowest BCUT2D eigenvalue weighted by molar-refractivity contribution is -0.123. The van der Waals surface area contributed by atoms with Crippen molar-refractivity contribution >= 4 is 28.5 Å². The van der Waals surface area contributed by atoms with Crippen LogP contribution < -0.4 is 14.8 Å². The van der Waals surface area contributed by atoms with E-state index in [1.54, 1.807) is 24.3 Å². The number of methoxy groups -OCH3 is 2. The number of carbonyl (C=O) groups excluding carboxylic acids is 2. The number of nitrogens with one attached hydrogen (secondary N) is 1. The highest BCUT2D eigenvalue weighted by Gasteiger charge is 2.23. The minimum Gasteiger partial charge on any atom is -0.497 e. The van der Waals surface area contributed by atoms with Crippen LogP contribution in [0, 0.1) is 0 Å². The van der Waals surface area contributed by atoms with Gasteiger partial charge in [0.15, 0.2) is 6.10 Å². The van der Waals surface area contributed by atoms with E-state index in [-0.39, 0.29) is 5.92 Å². The third kappa shape index (κ3) is 4.94. The average molecular weight is 422 g/mol. The molecule has 1 amide bonds. The first kappa shape index (κ1) is 22.1. The topological polar surface area (TPSA) is 86.8 Å². The molecule has 2 aromatic carbocycles. The number of carbonyl (C=O) groups is 2. The first-order valence-electron chi connectivity index (χ1n) is 9.97. The summed E-state index contributed by atoms with van der Waals surface area (Å²) in [6.07, 6.45) is -1.03. The van der Waals surface area contributed by atoms with Gasteiger partial charge in [-0.25, -0.2) is 4.79 Å². The number of hydrogen-bond acceptors (Lipinski definition) is 6. The molecule has 1 unspecified atom stereocenters. The first-order valence-corrected chi connectivity index (χ1v) is 9.97. The Balaban J connectivity index is 1.82. The van der Waals surface area contributed by atoms with E-state index in [1.165, 1.54) is 21.1 Å². The third-order valence-electron chi connectivity index (χ3n) is 4.86. The molecule has 1 aromatic heterocycles. The van der Waals surface area contributed by atoms with E-state index < -0.39 is 18.0 Å². The minimum atomic E-state index is -1.03. The summed E-state index contributed by atoms with van der Waals surface area (Å²) in [6, 6.07) is 14.1. The number of benzene rings is 2. The number of pyridine rings is 1. The molecule has 0 aliphatic heterocycles. The summed E-state index contributed by atoms with van der Waals surface area (Å²) in [6.45, 7) is 5.53. The zero-order valence-electron chi connectivity index (χ0n) is 18.3. The Labute approximate surface area is 181 Å². The molecular formula is C24H26N2O5. The molecule has 3 aromatic rings. The number of aromatic nitrogens is 1. The molecule has 1 heterocycles. The summed E-state index contributed by atoms with van der Waals surface area (Å²) < 4.78 is 16.0. The maximum absolute atomic E-state index is 12.9. The highest BCUT2D eigenvalue weighted by Crippen LogP contribution is 2.29. The van der Waals surface area contributed by atoms with Crippen LogP contribution in [0.3, 0.4) is 0 Å². The van der Waals surface area contributed by atoms with E-state index in [4.69, 9.17) is 14.2 Å². The quantitative estimate of drug-likeness (QED) is 0.562. The summed E-state index contributed by atoms with van der Waals surface area (Å²) in [4.78, 5) is 30.2. The fourth-order valence-corrected chi connectivity index (χ4v) is 3.08. The maximum Gasteiger partial charge on any atom is 0.339 e. The van der Waals surface area contributed by atoms with Gasteiger partial charge in [0.05, 0.1) is 31.0 Å². The molecular weight excluding hydrogens is 396 g/mol. The van der Waals surface area contributed by atoms with E-state index >= 15 is 0 Å². The van der Waals surface area contributed by atoms with Crippen LogP contribution in [0.1, 0.15) is 42.7 Å². The lowest BCUT2D eigenvalue weighted by Gasteiger charge is -2.17. The Kier molecular flexibility index (Phi) is 6.74. The van der Waals surface area contributed by atoms with Crippen LogP contribution in [0.15, 0.2) is 48.5 Å². The fourth-order valence-electron chi connectivity index (χ4n) is 3.08. The number of para-hydroxylation sites is 1. The van der Waals surface area contributed by atoms with Crippen LogP contribution in [0.2, 0.25) is 0 Å². The molecule has 0 saturated carbocycles. The van der Waals surface area contributed by atoms with Crippen molar-refractivity contribution < 1.29 is 23.8 Å². The molecule has 0 aliphatic carbocycles.